The van der Waals surface area contributed by atoms with Crippen LogP contribution in [-0.4, -0.2) is 4.98 Å². The van der Waals surface area contributed by atoms with Gasteiger partial charge in [-0.2, -0.15) is 0 Å². The maximum absolute atomic E-state index is 13.5. The Hall–Kier alpha value is -1.97. The van der Waals surface area contributed by atoms with Crippen LogP contribution in [0.2, 0.25) is 0 Å². The van der Waals surface area contributed by atoms with Gasteiger partial charge in [0.25, 0.3) is 0 Å². The normalized spacial score (nSPS) is 10.4. The lowest BCUT2D eigenvalue weighted by Gasteiger charge is -2.08. The predicted octanol–water partition coefficient (Wildman–Crippen LogP) is 3.77. The molecule has 0 aliphatic rings. The van der Waals surface area contributed by atoms with E-state index in [0.717, 1.165) is 5.69 Å². The van der Waals surface area contributed by atoms with Crippen LogP contribution in [0.1, 0.15) is 11.3 Å². The van der Waals surface area contributed by atoms with E-state index in [1.165, 1.54) is 18.3 Å². The van der Waals surface area contributed by atoms with E-state index in [2.05, 4.69) is 4.98 Å². The van der Waals surface area contributed by atoms with E-state index in [-0.39, 0.29) is 5.75 Å². The molecule has 0 fully saturated rings. The molecule has 0 bridgehead atoms. The Balaban J connectivity index is 2.36. The molecule has 0 atom stereocenters. The Morgan fingerprint density at radius 2 is 1.71 bits per heavy atom. The van der Waals surface area contributed by atoms with Crippen LogP contribution in [0.3, 0.4) is 0 Å². The van der Waals surface area contributed by atoms with Crippen molar-refractivity contribution >= 4 is 0 Å². The molecule has 0 aliphatic carbocycles. The number of halogens is 2. The Bertz CT molecular complexity index is 532. The highest BCUT2D eigenvalue weighted by Gasteiger charge is 2.12. The van der Waals surface area contributed by atoms with Crippen molar-refractivity contribution in [2.24, 2.45) is 0 Å². The van der Waals surface area contributed by atoms with Crippen molar-refractivity contribution in [1.29, 1.82) is 0 Å². The highest BCUT2D eigenvalue weighted by molar-refractivity contribution is 5.35. The molecule has 0 unspecified atom stereocenters. The molecule has 2 nitrogen and oxygen atoms in total. The van der Waals surface area contributed by atoms with Crippen molar-refractivity contribution in [2.75, 3.05) is 0 Å². The third-order valence-corrected chi connectivity index (χ3v) is 2.23. The number of nitrogens with zero attached hydrogens (tertiary/aromatic N) is 1. The minimum Gasteiger partial charge on any atom is -0.451 e. The monoisotopic (exact) mass is 235 g/mol. The number of rotatable bonds is 2. The SMILES string of the molecule is Cc1cc(F)c(Oc2ccnc(C)c2)c(F)c1. The third kappa shape index (κ3) is 2.58. The van der Waals surface area contributed by atoms with Crippen molar-refractivity contribution in [3.05, 3.63) is 53.4 Å². The lowest BCUT2D eigenvalue weighted by atomic mass is 10.2. The summed E-state index contributed by atoms with van der Waals surface area (Å²) in [6.45, 7) is 3.39. The largest absolute Gasteiger partial charge is 0.451 e. The maximum atomic E-state index is 13.5. The molecule has 17 heavy (non-hydrogen) atoms. The molecule has 0 amide bonds. The zero-order valence-corrected chi connectivity index (χ0v) is 9.50. The van der Waals surface area contributed by atoms with Crippen molar-refractivity contribution in [1.82, 2.24) is 4.98 Å². The molecule has 1 heterocycles. The Morgan fingerprint density at radius 3 is 2.29 bits per heavy atom. The fourth-order valence-corrected chi connectivity index (χ4v) is 1.49. The minimum absolute atomic E-state index is 0.360. The lowest BCUT2D eigenvalue weighted by molar-refractivity contribution is 0.406. The molecule has 0 aliphatic heterocycles. The van der Waals surface area contributed by atoms with E-state index in [1.54, 1.807) is 26.0 Å². The van der Waals surface area contributed by atoms with E-state index in [1.807, 2.05) is 0 Å². The van der Waals surface area contributed by atoms with Gasteiger partial charge < -0.3 is 4.74 Å². The van der Waals surface area contributed by atoms with Crippen molar-refractivity contribution < 1.29 is 13.5 Å². The molecule has 2 aromatic rings. The summed E-state index contributed by atoms with van der Waals surface area (Å²) in [6, 6.07) is 5.61. The summed E-state index contributed by atoms with van der Waals surface area (Å²) in [5, 5.41) is 0. The molecule has 0 spiro atoms. The first kappa shape index (κ1) is 11.5. The molecular formula is C13H11F2NO. The van der Waals surface area contributed by atoms with E-state index in [0.29, 0.717) is 11.3 Å². The Labute approximate surface area is 97.9 Å². The van der Waals surface area contributed by atoms with Gasteiger partial charge in [-0.15, -0.1) is 0 Å². The van der Waals surface area contributed by atoms with Gasteiger partial charge in [0.05, 0.1) is 0 Å². The topological polar surface area (TPSA) is 22.1 Å². The fraction of sp³-hybridized carbons (Fsp3) is 0.154. The van der Waals surface area contributed by atoms with Gasteiger partial charge in [-0.05, 0) is 37.6 Å². The average molecular weight is 235 g/mol. The molecule has 0 saturated carbocycles. The smallest absolute Gasteiger partial charge is 0.198 e. The average Bonchev–Trinajstić information content (AvgIpc) is 2.23. The maximum Gasteiger partial charge on any atom is 0.198 e. The predicted molar refractivity (Wildman–Crippen MR) is 60.1 cm³/mol. The molecule has 1 aromatic carbocycles. The number of aromatic nitrogens is 1. The molecule has 2 rings (SSSR count). The first-order valence-corrected chi connectivity index (χ1v) is 5.12. The highest BCUT2D eigenvalue weighted by atomic mass is 19.1. The summed E-state index contributed by atoms with van der Waals surface area (Å²) in [5.41, 5.74) is 1.23. The second kappa shape index (κ2) is 4.49. The highest BCUT2D eigenvalue weighted by Crippen LogP contribution is 2.28. The van der Waals surface area contributed by atoms with Gasteiger partial charge in [0.1, 0.15) is 5.75 Å². The fourth-order valence-electron chi connectivity index (χ4n) is 1.49. The van der Waals surface area contributed by atoms with Crippen LogP contribution in [0.15, 0.2) is 30.5 Å². The summed E-state index contributed by atoms with van der Waals surface area (Å²) in [5.74, 6) is -1.45. The van der Waals surface area contributed by atoms with Gasteiger partial charge in [-0.3, -0.25) is 4.98 Å². The summed E-state index contributed by atoms with van der Waals surface area (Å²) in [7, 11) is 0. The van der Waals surface area contributed by atoms with Crippen molar-refractivity contribution in [3.63, 3.8) is 0 Å². The molecule has 88 valence electrons. The Kier molecular flexibility index (Phi) is 3.04. The zero-order chi connectivity index (χ0) is 12.4. The number of aryl methyl sites for hydroxylation is 2. The van der Waals surface area contributed by atoms with Crippen molar-refractivity contribution in [3.8, 4) is 11.5 Å². The molecule has 4 heteroatoms. The second-order valence-corrected chi connectivity index (χ2v) is 3.79. The summed E-state index contributed by atoms with van der Waals surface area (Å²) in [4.78, 5) is 3.97. The first-order valence-electron chi connectivity index (χ1n) is 5.12. The van der Waals surface area contributed by atoms with Crippen molar-refractivity contribution in [2.45, 2.75) is 13.8 Å². The van der Waals surface area contributed by atoms with Crippen LogP contribution in [0.4, 0.5) is 8.78 Å². The molecular weight excluding hydrogens is 224 g/mol. The number of hydrogen-bond acceptors (Lipinski definition) is 2. The van der Waals surface area contributed by atoms with E-state index < -0.39 is 11.6 Å². The van der Waals surface area contributed by atoms with Gasteiger partial charge in [-0.25, -0.2) is 8.78 Å². The standard InChI is InChI=1S/C13H11F2NO/c1-8-5-11(14)13(12(15)6-8)17-10-3-4-16-9(2)7-10/h3-7H,1-2H3. The quantitative estimate of drug-likeness (QED) is 0.790. The van der Waals surface area contributed by atoms with Gasteiger partial charge >= 0.3 is 0 Å². The van der Waals surface area contributed by atoms with Crippen LogP contribution in [0, 0.1) is 25.5 Å². The summed E-state index contributed by atoms with van der Waals surface area (Å²) < 4.78 is 32.2. The van der Waals surface area contributed by atoms with E-state index >= 15 is 0 Å². The van der Waals surface area contributed by atoms with E-state index in [4.69, 9.17) is 4.74 Å². The lowest BCUT2D eigenvalue weighted by Crippen LogP contribution is -1.94. The second-order valence-electron chi connectivity index (χ2n) is 3.79. The minimum atomic E-state index is -0.711. The van der Waals surface area contributed by atoms with Crippen LogP contribution >= 0.6 is 0 Å². The first-order chi connectivity index (χ1) is 8.06. The molecule has 0 radical (unpaired) electrons. The molecule has 0 saturated heterocycles. The number of benzene rings is 1. The van der Waals surface area contributed by atoms with Crippen LogP contribution in [-0.2, 0) is 0 Å². The van der Waals surface area contributed by atoms with E-state index in [9.17, 15) is 8.78 Å². The van der Waals surface area contributed by atoms with Crippen LogP contribution in [0.5, 0.6) is 11.5 Å². The zero-order valence-electron chi connectivity index (χ0n) is 9.50. The summed E-state index contributed by atoms with van der Waals surface area (Å²) in [6.07, 6.45) is 1.52. The summed E-state index contributed by atoms with van der Waals surface area (Å²) >= 11 is 0. The molecule has 0 N–H and O–H groups in total. The van der Waals surface area contributed by atoms with Gasteiger partial charge in [0.15, 0.2) is 17.4 Å². The number of ether oxygens (including phenoxy) is 1. The number of hydrogen-bond donors (Lipinski definition) is 0. The Morgan fingerprint density at radius 1 is 1.06 bits per heavy atom. The van der Waals surface area contributed by atoms with Gasteiger partial charge in [-0.1, -0.05) is 0 Å². The third-order valence-electron chi connectivity index (χ3n) is 2.23. The molecule has 1 aromatic heterocycles. The van der Waals surface area contributed by atoms with Gasteiger partial charge in [0, 0.05) is 18.0 Å². The van der Waals surface area contributed by atoms with Gasteiger partial charge in [0.2, 0.25) is 0 Å². The van der Waals surface area contributed by atoms with Crippen LogP contribution < -0.4 is 4.74 Å². The number of pyridine rings is 1. The van der Waals surface area contributed by atoms with Crippen LogP contribution in [0.25, 0.3) is 0 Å².